The Morgan fingerprint density at radius 1 is 1.00 bits per heavy atom. The van der Waals surface area contributed by atoms with E-state index in [4.69, 9.17) is 0 Å². The van der Waals surface area contributed by atoms with Gasteiger partial charge in [-0.2, -0.15) is 4.31 Å². The molecule has 0 N–H and O–H groups in total. The lowest BCUT2D eigenvalue weighted by atomic mass is 9.91. The second-order valence-electron chi connectivity index (χ2n) is 7.47. The molecular weight excluding hydrogens is 348 g/mol. The van der Waals surface area contributed by atoms with E-state index in [-0.39, 0.29) is 12.1 Å². The van der Waals surface area contributed by atoms with E-state index in [1.54, 1.807) is 10.4 Å². The normalized spacial score (nSPS) is 23.0. The lowest BCUT2D eigenvalue weighted by Gasteiger charge is -2.55. The minimum Gasteiger partial charge on any atom is -0.353 e. The predicted molar refractivity (Wildman–Crippen MR) is 101 cm³/mol. The van der Waals surface area contributed by atoms with Gasteiger partial charge in [-0.3, -0.25) is 0 Å². The van der Waals surface area contributed by atoms with Gasteiger partial charge in [0.25, 0.3) is 0 Å². The van der Waals surface area contributed by atoms with E-state index in [0.29, 0.717) is 18.0 Å². The lowest BCUT2D eigenvalue weighted by Crippen LogP contribution is -2.70. The zero-order chi connectivity index (χ0) is 18.6. The van der Waals surface area contributed by atoms with Gasteiger partial charge in [-0.05, 0) is 51.3 Å². The van der Waals surface area contributed by atoms with Crippen molar-refractivity contribution < 1.29 is 8.42 Å². The fraction of sp³-hybridized carbons (Fsp3) is 0.474. The van der Waals surface area contributed by atoms with Gasteiger partial charge in [0, 0.05) is 36.9 Å². The Morgan fingerprint density at radius 2 is 1.69 bits per heavy atom. The van der Waals surface area contributed by atoms with E-state index in [1.807, 2.05) is 45.9 Å². The molecule has 2 unspecified atom stereocenters. The molecule has 3 fully saturated rings. The number of piperidine rings is 1. The second kappa shape index (κ2) is 6.03. The standard InChI is InChI=1S/C19H24N4O2S/c1-12-5-6-13(2)18(7-12)26(24,25)23-16-9-17(23)11-22(10-16)19-8-14(3)20-15(4)21-19/h5-8,16-17H,9-11H2,1-4H3. The molecule has 26 heavy (non-hydrogen) atoms. The average Bonchev–Trinajstić information content (AvgIpc) is 2.55. The molecule has 3 aliphatic heterocycles. The first kappa shape index (κ1) is 17.4. The molecule has 3 aliphatic rings. The molecule has 0 aliphatic carbocycles. The summed E-state index contributed by atoms with van der Waals surface area (Å²) in [5.74, 6) is 1.65. The molecule has 2 aromatic rings. The highest BCUT2D eigenvalue weighted by atomic mass is 32.2. The molecule has 6 nitrogen and oxygen atoms in total. The quantitative estimate of drug-likeness (QED) is 0.827. The van der Waals surface area contributed by atoms with Crippen molar-refractivity contribution in [1.29, 1.82) is 0 Å². The third kappa shape index (κ3) is 2.79. The van der Waals surface area contributed by atoms with Crippen molar-refractivity contribution in [1.82, 2.24) is 14.3 Å². The number of aromatic nitrogens is 2. The number of aryl methyl sites for hydroxylation is 4. The number of sulfonamides is 1. The zero-order valence-corrected chi connectivity index (χ0v) is 16.4. The predicted octanol–water partition coefficient (Wildman–Crippen LogP) is 2.36. The van der Waals surface area contributed by atoms with E-state index < -0.39 is 10.0 Å². The van der Waals surface area contributed by atoms with E-state index in [2.05, 4.69) is 14.9 Å². The number of hydrogen-bond acceptors (Lipinski definition) is 5. The summed E-state index contributed by atoms with van der Waals surface area (Å²) in [5, 5.41) is 0. The Balaban J connectivity index is 1.60. The molecule has 0 spiro atoms. The summed E-state index contributed by atoms with van der Waals surface area (Å²) < 4.78 is 28.2. The molecule has 138 valence electrons. The van der Waals surface area contributed by atoms with Crippen LogP contribution in [0.1, 0.15) is 29.1 Å². The highest BCUT2D eigenvalue weighted by molar-refractivity contribution is 7.89. The lowest BCUT2D eigenvalue weighted by molar-refractivity contribution is 0.0873. The summed E-state index contributed by atoms with van der Waals surface area (Å²) in [6.07, 6.45) is 0.920. The van der Waals surface area contributed by atoms with Crippen molar-refractivity contribution in [2.75, 3.05) is 18.0 Å². The van der Waals surface area contributed by atoms with Crippen LogP contribution in [-0.2, 0) is 10.0 Å². The molecule has 4 heterocycles. The molecule has 0 saturated carbocycles. The number of rotatable bonds is 3. The van der Waals surface area contributed by atoms with E-state index >= 15 is 0 Å². The molecule has 5 rings (SSSR count). The Bertz CT molecular complexity index is 941. The van der Waals surface area contributed by atoms with E-state index in [1.165, 1.54) is 0 Å². The number of benzene rings is 1. The van der Waals surface area contributed by atoms with Crippen LogP contribution in [0.4, 0.5) is 5.82 Å². The highest BCUT2D eigenvalue weighted by Gasteiger charge is 2.51. The Morgan fingerprint density at radius 3 is 2.35 bits per heavy atom. The van der Waals surface area contributed by atoms with Crippen molar-refractivity contribution >= 4 is 15.8 Å². The maximum Gasteiger partial charge on any atom is 0.243 e. The minimum absolute atomic E-state index is 0.00856. The Labute approximate surface area is 154 Å². The maximum absolute atomic E-state index is 13.2. The van der Waals surface area contributed by atoms with Crippen molar-refractivity contribution in [2.45, 2.75) is 51.1 Å². The SMILES string of the molecule is Cc1ccc(C)c(S(=O)(=O)N2C3CC2CN(c2cc(C)nc(C)n2)C3)c1. The van der Waals surface area contributed by atoms with E-state index in [9.17, 15) is 8.42 Å². The van der Waals surface area contributed by atoms with Gasteiger partial charge in [-0.1, -0.05) is 12.1 Å². The van der Waals surface area contributed by atoms with Crippen LogP contribution in [-0.4, -0.2) is 47.9 Å². The monoisotopic (exact) mass is 372 g/mol. The van der Waals surface area contributed by atoms with Crippen LogP contribution in [0, 0.1) is 27.7 Å². The van der Waals surface area contributed by atoms with E-state index in [0.717, 1.165) is 34.9 Å². The summed E-state index contributed by atoms with van der Waals surface area (Å²) in [5.41, 5.74) is 2.71. The smallest absolute Gasteiger partial charge is 0.243 e. The average molecular weight is 372 g/mol. The topological polar surface area (TPSA) is 66.4 Å². The number of piperazine rings is 1. The van der Waals surface area contributed by atoms with Gasteiger partial charge in [0.1, 0.15) is 11.6 Å². The van der Waals surface area contributed by atoms with Gasteiger partial charge in [-0.15, -0.1) is 0 Å². The third-order valence-corrected chi connectivity index (χ3v) is 7.45. The Kier molecular flexibility index (Phi) is 4.04. The van der Waals surface area contributed by atoms with Crippen molar-refractivity contribution in [3.05, 3.63) is 46.9 Å². The molecule has 1 aromatic carbocycles. The fourth-order valence-corrected chi connectivity index (χ4v) is 6.24. The second-order valence-corrected chi connectivity index (χ2v) is 9.28. The van der Waals surface area contributed by atoms with Crippen LogP contribution in [0.3, 0.4) is 0 Å². The summed E-state index contributed by atoms with van der Waals surface area (Å²) in [7, 11) is -3.46. The number of nitrogens with zero attached hydrogens (tertiary/aromatic N) is 4. The van der Waals surface area contributed by atoms with Crippen LogP contribution < -0.4 is 4.90 Å². The third-order valence-electron chi connectivity index (χ3n) is 5.30. The number of hydrogen-bond donors (Lipinski definition) is 0. The first-order valence-corrected chi connectivity index (χ1v) is 10.4. The summed E-state index contributed by atoms with van der Waals surface area (Å²) in [6, 6.07) is 7.61. The summed E-state index contributed by atoms with van der Waals surface area (Å²) in [6.45, 7) is 8.99. The molecule has 2 atom stereocenters. The molecule has 3 saturated heterocycles. The number of anilines is 1. The zero-order valence-electron chi connectivity index (χ0n) is 15.6. The van der Waals surface area contributed by atoms with Gasteiger partial charge in [0.15, 0.2) is 0 Å². The van der Waals surface area contributed by atoms with Crippen molar-refractivity contribution in [3.8, 4) is 0 Å². The van der Waals surface area contributed by atoms with Gasteiger partial charge in [0.2, 0.25) is 10.0 Å². The number of fused-ring (bicyclic) bond motifs is 2. The highest BCUT2D eigenvalue weighted by Crippen LogP contribution is 2.39. The first-order chi connectivity index (χ1) is 12.3. The summed E-state index contributed by atoms with van der Waals surface area (Å²) in [4.78, 5) is 11.5. The summed E-state index contributed by atoms with van der Waals surface area (Å²) >= 11 is 0. The first-order valence-electron chi connectivity index (χ1n) is 8.94. The molecule has 1 aromatic heterocycles. The van der Waals surface area contributed by atoms with Gasteiger partial charge in [0.05, 0.1) is 4.90 Å². The molecular formula is C19H24N4O2S. The molecule has 2 bridgehead atoms. The van der Waals surface area contributed by atoms with Crippen LogP contribution in [0.2, 0.25) is 0 Å². The Hall–Kier alpha value is -1.99. The molecule has 0 radical (unpaired) electrons. The van der Waals surface area contributed by atoms with Crippen LogP contribution in [0.25, 0.3) is 0 Å². The molecule has 0 amide bonds. The minimum atomic E-state index is -3.46. The fourth-order valence-electron chi connectivity index (χ4n) is 4.11. The van der Waals surface area contributed by atoms with Crippen molar-refractivity contribution in [2.24, 2.45) is 0 Å². The van der Waals surface area contributed by atoms with Crippen molar-refractivity contribution in [3.63, 3.8) is 0 Å². The van der Waals surface area contributed by atoms with Crippen LogP contribution in [0.15, 0.2) is 29.2 Å². The largest absolute Gasteiger partial charge is 0.353 e. The van der Waals surface area contributed by atoms with Crippen LogP contribution >= 0.6 is 0 Å². The van der Waals surface area contributed by atoms with Gasteiger partial charge in [-0.25, -0.2) is 18.4 Å². The van der Waals surface area contributed by atoms with Gasteiger partial charge >= 0.3 is 0 Å². The maximum atomic E-state index is 13.2. The van der Waals surface area contributed by atoms with Crippen LogP contribution in [0.5, 0.6) is 0 Å². The van der Waals surface area contributed by atoms with Gasteiger partial charge < -0.3 is 4.90 Å². The molecule has 7 heteroatoms.